The third-order valence-corrected chi connectivity index (χ3v) is 3.39. The van der Waals surface area contributed by atoms with Gasteiger partial charge in [0.2, 0.25) is 0 Å². The Morgan fingerprint density at radius 1 is 1.44 bits per heavy atom. The fourth-order valence-corrected chi connectivity index (χ4v) is 2.18. The van der Waals surface area contributed by atoms with Crippen molar-refractivity contribution in [2.45, 2.75) is 52.0 Å². The molecule has 92 valence electrons. The van der Waals surface area contributed by atoms with Crippen molar-refractivity contribution >= 4 is 11.6 Å². The molecule has 0 saturated carbocycles. The Labute approximate surface area is 103 Å². The van der Waals surface area contributed by atoms with Gasteiger partial charge in [-0.1, -0.05) is 37.8 Å². The van der Waals surface area contributed by atoms with E-state index in [1.165, 1.54) is 19.3 Å². The van der Waals surface area contributed by atoms with E-state index < -0.39 is 0 Å². The molecular formula is C12H22ClN3. The van der Waals surface area contributed by atoms with Crippen LogP contribution in [0.15, 0.2) is 0 Å². The van der Waals surface area contributed by atoms with Gasteiger partial charge in [0.25, 0.3) is 0 Å². The minimum atomic E-state index is 0.201. The Morgan fingerprint density at radius 2 is 2.12 bits per heavy atom. The van der Waals surface area contributed by atoms with E-state index >= 15 is 0 Å². The molecule has 0 aliphatic heterocycles. The van der Waals surface area contributed by atoms with Gasteiger partial charge >= 0.3 is 0 Å². The number of hydrogen-bond acceptors (Lipinski definition) is 2. The number of aromatic nitrogens is 2. The lowest BCUT2D eigenvalue weighted by Gasteiger charge is -2.10. The van der Waals surface area contributed by atoms with Gasteiger partial charge in [-0.25, -0.2) is 0 Å². The molecule has 1 atom stereocenters. The molecule has 0 spiro atoms. The first kappa shape index (κ1) is 13.5. The molecule has 1 aromatic heterocycles. The minimum absolute atomic E-state index is 0.201. The molecule has 0 aliphatic rings. The van der Waals surface area contributed by atoms with Crippen molar-refractivity contribution < 1.29 is 0 Å². The zero-order chi connectivity index (χ0) is 12.1. The number of nitrogens with zero attached hydrogens (tertiary/aromatic N) is 2. The molecule has 4 heteroatoms. The molecule has 0 amide bonds. The number of nitrogens with two attached hydrogens (primary N) is 1. The second-order valence-corrected chi connectivity index (χ2v) is 4.80. The molecule has 0 saturated heterocycles. The van der Waals surface area contributed by atoms with Crippen LogP contribution in [0.25, 0.3) is 0 Å². The third-order valence-electron chi connectivity index (χ3n) is 2.91. The van der Waals surface area contributed by atoms with Crippen LogP contribution in [-0.2, 0) is 13.5 Å². The Bertz CT molecular complexity index is 333. The predicted molar refractivity (Wildman–Crippen MR) is 68.8 cm³/mol. The number of aryl methyl sites for hydroxylation is 2. The van der Waals surface area contributed by atoms with Crippen LogP contribution in [0.5, 0.6) is 0 Å². The Kier molecular flexibility index (Phi) is 5.29. The topological polar surface area (TPSA) is 43.8 Å². The fourth-order valence-electron chi connectivity index (χ4n) is 1.93. The molecule has 0 aromatic carbocycles. The first-order valence-electron chi connectivity index (χ1n) is 5.99. The van der Waals surface area contributed by atoms with Gasteiger partial charge in [0.15, 0.2) is 0 Å². The van der Waals surface area contributed by atoms with Crippen molar-refractivity contribution in [1.82, 2.24) is 9.78 Å². The maximum atomic E-state index is 6.16. The second-order valence-electron chi connectivity index (χ2n) is 4.44. The molecule has 0 radical (unpaired) electrons. The molecule has 0 bridgehead atoms. The summed E-state index contributed by atoms with van der Waals surface area (Å²) in [5, 5.41) is 5.01. The van der Waals surface area contributed by atoms with E-state index in [9.17, 15) is 0 Å². The van der Waals surface area contributed by atoms with E-state index in [2.05, 4.69) is 12.0 Å². The summed E-state index contributed by atoms with van der Waals surface area (Å²) in [6.07, 6.45) is 5.60. The highest BCUT2D eigenvalue weighted by Crippen LogP contribution is 2.20. The third kappa shape index (κ3) is 3.49. The molecule has 16 heavy (non-hydrogen) atoms. The van der Waals surface area contributed by atoms with E-state index in [0.717, 1.165) is 29.3 Å². The summed E-state index contributed by atoms with van der Waals surface area (Å²) in [7, 11) is 1.86. The minimum Gasteiger partial charge on any atom is -0.327 e. The fraction of sp³-hybridized carbons (Fsp3) is 0.750. The Balaban J connectivity index is 2.52. The number of halogens is 1. The zero-order valence-electron chi connectivity index (χ0n) is 10.5. The molecular weight excluding hydrogens is 222 g/mol. The highest BCUT2D eigenvalue weighted by atomic mass is 35.5. The first-order chi connectivity index (χ1) is 7.56. The van der Waals surface area contributed by atoms with E-state index in [-0.39, 0.29) is 6.04 Å². The van der Waals surface area contributed by atoms with Crippen LogP contribution in [0, 0.1) is 6.92 Å². The van der Waals surface area contributed by atoms with Gasteiger partial charge in [0, 0.05) is 18.7 Å². The summed E-state index contributed by atoms with van der Waals surface area (Å²) in [6.45, 7) is 4.19. The summed E-state index contributed by atoms with van der Waals surface area (Å²) < 4.78 is 1.71. The Morgan fingerprint density at radius 3 is 2.62 bits per heavy atom. The van der Waals surface area contributed by atoms with Crippen molar-refractivity contribution in [1.29, 1.82) is 0 Å². The lowest BCUT2D eigenvalue weighted by atomic mass is 10.0. The SMILES string of the molecule is CCCCCC(N)Cc1c(C)nn(C)c1Cl. The van der Waals surface area contributed by atoms with Crippen LogP contribution in [0.1, 0.15) is 43.9 Å². The molecule has 1 heterocycles. The highest BCUT2D eigenvalue weighted by Gasteiger charge is 2.14. The molecule has 1 rings (SSSR count). The van der Waals surface area contributed by atoms with Crippen LogP contribution < -0.4 is 5.73 Å². The molecule has 1 unspecified atom stereocenters. The van der Waals surface area contributed by atoms with Gasteiger partial charge in [0.05, 0.1) is 5.69 Å². The molecule has 0 fully saturated rings. The summed E-state index contributed by atoms with van der Waals surface area (Å²) in [5.41, 5.74) is 8.20. The number of rotatable bonds is 6. The van der Waals surface area contributed by atoms with Crippen molar-refractivity contribution in [2.75, 3.05) is 0 Å². The zero-order valence-corrected chi connectivity index (χ0v) is 11.2. The summed E-state index contributed by atoms with van der Waals surface area (Å²) >= 11 is 6.16. The van der Waals surface area contributed by atoms with Crippen LogP contribution >= 0.6 is 11.6 Å². The van der Waals surface area contributed by atoms with Gasteiger partial charge < -0.3 is 5.73 Å². The summed E-state index contributed by atoms with van der Waals surface area (Å²) in [5.74, 6) is 0. The summed E-state index contributed by atoms with van der Waals surface area (Å²) in [6, 6.07) is 0.201. The van der Waals surface area contributed by atoms with Gasteiger partial charge in [-0.05, 0) is 19.8 Å². The van der Waals surface area contributed by atoms with E-state index in [1.54, 1.807) is 4.68 Å². The Hall–Kier alpha value is -0.540. The van der Waals surface area contributed by atoms with Gasteiger partial charge in [-0.3, -0.25) is 4.68 Å². The number of unbranched alkanes of at least 4 members (excludes halogenated alkanes) is 2. The average molecular weight is 244 g/mol. The monoisotopic (exact) mass is 243 g/mol. The normalized spacial score (nSPS) is 13.1. The van der Waals surface area contributed by atoms with E-state index in [0.29, 0.717) is 0 Å². The lowest BCUT2D eigenvalue weighted by Crippen LogP contribution is -2.23. The van der Waals surface area contributed by atoms with E-state index in [1.807, 2.05) is 14.0 Å². The lowest BCUT2D eigenvalue weighted by molar-refractivity contribution is 0.556. The van der Waals surface area contributed by atoms with Crippen LogP contribution in [0.3, 0.4) is 0 Å². The largest absolute Gasteiger partial charge is 0.327 e. The van der Waals surface area contributed by atoms with Gasteiger partial charge in [-0.2, -0.15) is 5.10 Å². The van der Waals surface area contributed by atoms with Crippen molar-refractivity contribution in [3.63, 3.8) is 0 Å². The average Bonchev–Trinajstić information content (AvgIpc) is 2.46. The van der Waals surface area contributed by atoms with Crippen LogP contribution in [0.4, 0.5) is 0 Å². The maximum Gasteiger partial charge on any atom is 0.130 e. The summed E-state index contributed by atoms with van der Waals surface area (Å²) in [4.78, 5) is 0. The van der Waals surface area contributed by atoms with E-state index in [4.69, 9.17) is 17.3 Å². The standard InChI is InChI=1S/C12H22ClN3/c1-4-5-6-7-10(14)8-11-9(2)15-16(3)12(11)13/h10H,4-8,14H2,1-3H3. The molecule has 2 N–H and O–H groups in total. The van der Waals surface area contributed by atoms with Crippen molar-refractivity contribution in [3.05, 3.63) is 16.4 Å². The first-order valence-corrected chi connectivity index (χ1v) is 6.37. The predicted octanol–water partition coefficient (Wildman–Crippen LogP) is 2.83. The van der Waals surface area contributed by atoms with Crippen LogP contribution in [-0.4, -0.2) is 15.8 Å². The number of hydrogen-bond donors (Lipinski definition) is 1. The van der Waals surface area contributed by atoms with Crippen molar-refractivity contribution in [3.8, 4) is 0 Å². The molecule has 0 aliphatic carbocycles. The van der Waals surface area contributed by atoms with Crippen LogP contribution in [0.2, 0.25) is 5.15 Å². The molecule has 1 aromatic rings. The highest BCUT2D eigenvalue weighted by molar-refractivity contribution is 6.30. The molecule has 3 nitrogen and oxygen atoms in total. The van der Waals surface area contributed by atoms with Gasteiger partial charge in [0.1, 0.15) is 5.15 Å². The van der Waals surface area contributed by atoms with Gasteiger partial charge in [-0.15, -0.1) is 0 Å². The quantitative estimate of drug-likeness (QED) is 0.781. The van der Waals surface area contributed by atoms with Crippen molar-refractivity contribution in [2.24, 2.45) is 12.8 Å². The second kappa shape index (κ2) is 6.26. The smallest absolute Gasteiger partial charge is 0.130 e. The maximum absolute atomic E-state index is 6.16.